The summed E-state index contributed by atoms with van der Waals surface area (Å²) in [4.78, 5) is 24.2. The third-order valence-electron chi connectivity index (χ3n) is 5.68. The topological polar surface area (TPSA) is 118 Å². The smallest absolute Gasteiger partial charge is 0.365 e. The minimum atomic E-state index is -1.86. The molecule has 0 saturated heterocycles. The van der Waals surface area contributed by atoms with E-state index in [0.717, 1.165) is 10.4 Å². The highest BCUT2D eigenvalue weighted by molar-refractivity contribution is 5.40. The van der Waals surface area contributed by atoms with E-state index in [-0.39, 0.29) is 12.1 Å². The first-order valence-corrected chi connectivity index (χ1v) is 10.7. The fourth-order valence-corrected chi connectivity index (χ4v) is 3.80. The second kappa shape index (κ2) is 8.99. The number of nitrogens with zero attached hydrogens (tertiary/aromatic N) is 8. The highest BCUT2D eigenvalue weighted by Crippen LogP contribution is 2.30. The first kappa shape index (κ1) is 22.2. The molecule has 35 heavy (non-hydrogen) atoms. The predicted octanol–water partition coefficient (Wildman–Crippen LogP) is 1.36. The predicted molar refractivity (Wildman–Crippen MR) is 121 cm³/mol. The summed E-state index contributed by atoms with van der Waals surface area (Å²) in [6.45, 7) is 1.41. The molecular weight excluding hydrogens is 455 g/mol. The molecule has 3 heterocycles. The van der Waals surface area contributed by atoms with E-state index in [9.17, 15) is 14.3 Å². The quantitative estimate of drug-likeness (QED) is 0.359. The SMILES string of the molecule is C[C@@H](On1ccn(-c2ccc(-n3nccn3)cc2)c1=O)[C@](O)(Cn1cncn1)c1ccccc1F. The van der Waals surface area contributed by atoms with Gasteiger partial charge in [0.1, 0.15) is 18.5 Å². The van der Waals surface area contributed by atoms with Gasteiger partial charge in [-0.3, -0.25) is 4.57 Å². The van der Waals surface area contributed by atoms with Gasteiger partial charge in [-0.05, 0) is 37.3 Å². The van der Waals surface area contributed by atoms with Crippen molar-refractivity contribution < 1.29 is 14.3 Å². The number of imidazole rings is 1. The van der Waals surface area contributed by atoms with Gasteiger partial charge in [0.05, 0.1) is 36.5 Å². The van der Waals surface area contributed by atoms with E-state index < -0.39 is 23.2 Å². The molecule has 0 unspecified atom stereocenters. The average Bonchev–Trinajstić information content (AvgIpc) is 3.63. The molecule has 0 fully saturated rings. The van der Waals surface area contributed by atoms with E-state index in [2.05, 4.69) is 20.3 Å². The Balaban J connectivity index is 1.43. The van der Waals surface area contributed by atoms with Crippen molar-refractivity contribution in [3.63, 3.8) is 0 Å². The summed E-state index contributed by atoms with van der Waals surface area (Å²) in [6, 6.07) is 12.9. The number of rotatable bonds is 8. The molecule has 12 heteroatoms. The Morgan fingerprint density at radius 1 is 1.03 bits per heavy atom. The molecule has 0 saturated carbocycles. The summed E-state index contributed by atoms with van der Waals surface area (Å²) >= 11 is 0. The molecule has 0 bridgehead atoms. The maximum atomic E-state index is 14.7. The molecule has 0 aliphatic carbocycles. The zero-order chi connectivity index (χ0) is 24.4. The molecule has 0 amide bonds. The van der Waals surface area contributed by atoms with Crippen molar-refractivity contribution in [3.05, 3.63) is 108 Å². The molecule has 2 atom stereocenters. The minimum Gasteiger partial charge on any atom is -0.403 e. The molecule has 0 spiro atoms. The Labute approximate surface area is 198 Å². The Bertz CT molecular complexity index is 1460. The fourth-order valence-electron chi connectivity index (χ4n) is 3.80. The van der Waals surface area contributed by atoms with E-state index in [4.69, 9.17) is 4.84 Å². The molecule has 11 nitrogen and oxygen atoms in total. The van der Waals surface area contributed by atoms with Crippen molar-refractivity contribution >= 4 is 0 Å². The minimum absolute atomic E-state index is 0.0123. The van der Waals surface area contributed by atoms with Gasteiger partial charge in [-0.25, -0.2) is 18.9 Å². The van der Waals surface area contributed by atoms with Crippen molar-refractivity contribution in [3.8, 4) is 11.4 Å². The molecule has 3 aromatic heterocycles. The summed E-state index contributed by atoms with van der Waals surface area (Å²) in [7, 11) is 0. The maximum Gasteiger partial charge on any atom is 0.365 e. The third kappa shape index (κ3) is 4.22. The van der Waals surface area contributed by atoms with Gasteiger partial charge in [0.15, 0.2) is 11.7 Å². The van der Waals surface area contributed by atoms with Crippen molar-refractivity contribution in [2.75, 3.05) is 0 Å². The highest BCUT2D eigenvalue weighted by Gasteiger charge is 2.41. The number of aliphatic hydroxyl groups is 1. The van der Waals surface area contributed by atoms with Crippen LogP contribution in [0.1, 0.15) is 12.5 Å². The molecular formula is C23H21FN8O3. The average molecular weight is 476 g/mol. The molecule has 1 N–H and O–H groups in total. The van der Waals surface area contributed by atoms with Crippen LogP contribution in [0.25, 0.3) is 11.4 Å². The number of benzene rings is 2. The molecule has 5 aromatic rings. The fraction of sp³-hybridized carbons (Fsp3) is 0.174. The molecule has 2 aromatic carbocycles. The first-order valence-electron chi connectivity index (χ1n) is 10.7. The number of halogens is 1. The lowest BCUT2D eigenvalue weighted by Crippen LogP contribution is -2.49. The van der Waals surface area contributed by atoms with Gasteiger partial charge < -0.3 is 9.94 Å². The lowest BCUT2D eigenvalue weighted by molar-refractivity contribution is -0.123. The van der Waals surface area contributed by atoms with Gasteiger partial charge in [0, 0.05) is 11.8 Å². The summed E-state index contributed by atoms with van der Waals surface area (Å²) < 4.78 is 18.5. The lowest BCUT2D eigenvalue weighted by atomic mass is 9.88. The van der Waals surface area contributed by atoms with E-state index in [1.807, 2.05) is 0 Å². The van der Waals surface area contributed by atoms with Gasteiger partial charge in [0.25, 0.3) is 0 Å². The first-order chi connectivity index (χ1) is 17.0. The Morgan fingerprint density at radius 2 is 1.74 bits per heavy atom. The van der Waals surface area contributed by atoms with Gasteiger partial charge in [0.2, 0.25) is 0 Å². The van der Waals surface area contributed by atoms with E-state index in [1.165, 1.54) is 57.3 Å². The maximum absolute atomic E-state index is 14.7. The van der Waals surface area contributed by atoms with E-state index >= 15 is 0 Å². The monoisotopic (exact) mass is 476 g/mol. The highest BCUT2D eigenvalue weighted by atomic mass is 19.1. The lowest BCUT2D eigenvalue weighted by Gasteiger charge is -2.34. The van der Waals surface area contributed by atoms with Crippen LogP contribution >= 0.6 is 0 Å². The molecule has 5 rings (SSSR count). The van der Waals surface area contributed by atoms with Crippen LogP contribution in [0, 0.1) is 5.82 Å². The second-order valence-electron chi connectivity index (χ2n) is 7.86. The van der Waals surface area contributed by atoms with Gasteiger partial charge in [-0.15, -0.1) is 4.73 Å². The Kier molecular flexibility index (Phi) is 5.71. The summed E-state index contributed by atoms with van der Waals surface area (Å²) in [5.41, 5.74) is -1.03. The van der Waals surface area contributed by atoms with Crippen LogP contribution in [0.5, 0.6) is 0 Å². The number of hydrogen-bond donors (Lipinski definition) is 1. The van der Waals surface area contributed by atoms with Crippen LogP contribution in [0.3, 0.4) is 0 Å². The van der Waals surface area contributed by atoms with Crippen molar-refractivity contribution in [2.24, 2.45) is 0 Å². The summed E-state index contributed by atoms with van der Waals surface area (Å²) in [5, 5.41) is 23.8. The zero-order valence-electron chi connectivity index (χ0n) is 18.6. The number of hydrogen-bond acceptors (Lipinski definition) is 7. The van der Waals surface area contributed by atoms with Crippen molar-refractivity contribution in [1.82, 2.24) is 39.1 Å². The van der Waals surface area contributed by atoms with Gasteiger partial charge in [-0.1, -0.05) is 18.2 Å². The van der Waals surface area contributed by atoms with Crippen LogP contribution in [-0.4, -0.2) is 50.3 Å². The standard InChI is InChI=1S/C23H21FN8O3/c1-17(23(34,14-29-16-25-15-28-29)20-4-2-3-5-21(20)24)35-31-13-12-30(22(31)33)18-6-8-19(9-7-18)32-26-10-11-27-32/h2-13,15-17,34H,14H2,1H3/t17-,23-/m1/s1. The molecule has 0 aliphatic heterocycles. The normalized spacial score (nSPS) is 13.9. The summed E-state index contributed by atoms with van der Waals surface area (Å²) in [6.07, 6.45) is 7.78. The van der Waals surface area contributed by atoms with Crippen molar-refractivity contribution in [2.45, 2.75) is 25.2 Å². The van der Waals surface area contributed by atoms with Crippen LogP contribution in [0.2, 0.25) is 0 Å². The largest absolute Gasteiger partial charge is 0.403 e. The third-order valence-corrected chi connectivity index (χ3v) is 5.68. The zero-order valence-corrected chi connectivity index (χ0v) is 18.6. The van der Waals surface area contributed by atoms with E-state index in [0.29, 0.717) is 5.69 Å². The van der Waals surface area contributed by atoms with Crippen molar-refractivity contribution in [1.29, 1.82) is 0 Å². The van der Waals surface area contributed by atoms with Crippen LogP contribution < -0.4 is 10.5 Å². The Morgan fingerprint density at radius 3 is 2.43 bits per heavy atom. The molecule has 0 radical (unpaired) electrons. The van der Waals surface area contributed by atoms with E-state index in [1.54, 1.807) is 49.6 Å². The van der Waals surface area contributed by atoms with Crippen LogP contribution in [0.15, 0.2) is 90.8 Å². The van der Waals surface area contributed by atoms with Gasteiger partial charge in [-0.2, -0.15) is 20.1 Å². The second-order valence-corrected chi connectivity index (χ2v) is 7.86. The molecule has 178 valence electrons. The van der Waals surface area contributed by atoms with Gasteiger partial charge >= 0.3 is 5.69 Å². The Hall–Kier alpha value is -4.58. The molecule has 0 aliphatic rings. The van der Waals surface area contributed by atoms with Crippen LogP contribution in [-0.2, 0) is 12.1 Å². The number of aromatic nitrogens is 8. The summed E-state index contributed by atoms with van der Waals surface area (Å²) in [5.74, 6) is -0.609. The van der Waals surface area contributed by atoms with Crippen LogP contribution in [0.4, 0.5) is 4.39 Å².